The van der Waals surface area contributed by atoms with Gasteiger partial charge in [0.15, 0.2) is 5.13 Å². The van der Waals surface area contributed by atoms with Gasteiger partial charge in [0.2, 0.25) is 0 Å². The first-order valence-electron chi connectivity index (χ1n) is 10.5. The third-order valence-corrected chi connectivity index (χ3v) is 7.83. The van der Waals surface area contributed by atoms with Crippen molar-refractivity contribution in [1.82, 2.24) is 15.0 Å². The molecule has 150 valence electrons. The number of rotatable bonds is 4. The maximum atomic E-state index is 10.9. The lowest BCUT2D eigenvalue weighted by Gasteiger charge is -2.58. The number of nitrogens with zero attached hydrogens (tertiary/aromatic N) is 3. The summed E-state index contributed by atoms with van der Waals surface area (Å²) in [6.07, 6.45) is 8.98. The summed E-state index contributed by atoms with van der Waals surface area (Å²) in [7, 11) is 0. The smallest absolute Gasteiger partial charge is 0.188 e. The number of pyridine rings is 2. The van der Waals surface area contributed by atoms with E-state index in [1.54, 1.807) is 11.3 Å². The topological polar surface area (TPSA) is 83.0 Å². The largest absolute Gasteiger partial charge is 0.390 e. The first-order chi connectivity index (χ1) is 14.0. The zero-order valence-corrected chi connectivity index (χ0v) is 17.2. The number of aliphatic hydroxyl groups is 1. The molecule has 3 aromatic rings. The number of aromatic nitrogens is 3. The Bertz CT molecular complexity index is 1070. The van der Waals surface area contributed by atoms with Gasteiger partial charge in [-0.15, -0.1) is 11.3 Å². The van der Waals surface area contributed by atoms with Crippen LogP contribution in [0.3, 0.4) is 0 Å². The average molecular weight is 408 g/mol. The molecule has 0 amide bonds. The molecule has 7 rings (SSSR count). The number of anilines is 3. The van der Waals surface area contributed by atoms with Crippen molar-refractivity contribution in [3.63, 3.8) is 0 Å². The van der Waals surface area contributed by atoms with E-state index in [2.05, 4.69) is 26.7 Å². The molecule has 4 bridgehead atoms. The second kappa shape index (κ2) is 6.37. The Hall–Kier alpha value is -2.25. The Morgan fingerprint density at radius 1 is 1.17 bits per heavy atom. The van der Waals surface area contributed by atoms with Gasteiger partial charge in [-0.25, -0.2) is 9.97 Å². The lowest BCUT2D eigenvalue weighted by Crippen LogP contribution is -2.59. The number of hydrogen-bond donors (Lipinski definition) is 3. The summed E-state index contributed by atoms with van der Waals surface area (Å²) in [6.45, 7) is 2.05. The zero-order valence-electron chi connectivity index (χ0n) is 16.4. The summed E-state index contributed by atoms with van der Waals surface area (Å²) >= 11 is 1.62. The summed E-state index contributed by atoms with van der Waals surface area (Å²) < 4.78 is 0. The molecule has 4 aliphatic rings. The standard InChI is InChI=1S/C22H25N5OS/c1-12-11-24-21(29-12)26-18-7-17-16(3-2-4-23-17)20(25-18)27-19-14-5-13-6-15(19)10-22(28,8-13)9-14/h2-4,7,11,13-15,19,28H,5-6,8-10H2,1H3,(H2,24,25,26,27). The predicted octanol–water partition coefficient (Wildman–Crippen LogP) is 4.49. The molecule has 4 aliphatic carbocycles. The molecule has 2 atom stereocenters. The number of nitrogens with one attached hydrogen (secondary N) is 2. The van der Waals surface area contributed by atoms with Gasteiger partial charge in [-0.05, 0) is 68.9 Å². The maximum Gasteiger partial charge on any atom is 0.188 e. The normalized spacial score (nSPS) is 32.6. The minimum Gasteiger partial charge on any atom is -0.390 e. The van der Waals surface area contributed by atoms with Crippen molar-refractivity contribution in [1.29, 1.82) is 0 Å². The van der Waals surface area contributed by atoms with Gasteiger partial charge in [0, 0.05) is 34.8 Å². The molecule has 3 N–H and O–H groups in total. The van der Waals surface area contributed by atoms with E-state index in [1.165, 1.54) is 12.8 Å². The molecular formula is C22H25N5OS. The highest BCUT2D eigenvalue weighted by molar-refractivity contribution is 7.15. The Balaban J connectivity index is 1.35. The molecule has 0 aliphatic heterocycles. The summed E-state index contributed by atoms with van der Waals surface area (Å²) in [4.78, 5) is 15.0. The Kier molecular flexibility index (Phi) is 3.87. The molecule has 4 fully saturated rings. The van der Waals surface area contributed by atoms with E-state index < -0.39 is 5.60 Å². The van der Waals surface area contributed by atoms with Crippen LogP contribution in [-0.4, -0.2) is 31.7 Å². The van der Waals surface area contributed by atoms with Crippen LogP contribution in [0.1, 0.15) is 37.0 Å². The Morgan fingerprint density at radius 2 is 2.00 bits per heavy atom. The fourth-order valence-corrected chi connectivity index (χ4v) is 6.82. The molecule has 0 radical (unpaired) electrons. The lowest BCUT2D eigenvalue weighted by molar-refractivity contribution is -0.129. The SMILES string of the molecule is Cc1cnc(Nc2cc3ncccc3c(NC3C4CC5CC3CC(O)(C5)C4)n2)s1. The van der Waals surface area contributed by atoms with Crippen molar-refractivity contribution in [2.75, 3.05) is 10.6 Å². The highest BCUT2D eigenvalue weighted by Crippen LogP contribution is 2.56. The van der Waals surface area contributed by atoms with Crippen LogP contribution in [0.5, 0.6) is 0 Å². The number of aryl methyl sites for hydroxylation is 1. The van der Waals surface area contributed by atoms with Crippen molar-refractivity contribution in [3.8, 4) is 0 Å². The van der Waals surface area contributed by atoms with Gasteiger partial charge in [0.25, 0.3) is 0 Å². The molecule has 2 unspecified atom stereocenters. The maximum absolute atomic E-state index is 10.9. The fraction of sp³-hybridized carbons (Fsp3) is 0.500. The lowest BCUT2D eigenvalue weighted by atomic mass is 9.52. The summed E-state index contributed by atoms with van der Waals surface area (Å²) in [6, 6.07) is 6.40. The second-order valence-electron chi connectivity index (χ2n) is 9.19. The predicted molar refractivity (Wildman–Crippen MR) is 116 cm³/mol. The highest BCUT2D eigenvalue weighted by atomic mass is 32.1. The molecule has 0 aromatic carbocycles. The van der Waals surface area contributed by atoms with Crippen LogP contribution in [0.25, 0.3) is 10.9 Å². The van der Waals surface area contributed by atoms with Crippen molar-refractivity contribution in [3.05, 3.63) is 35.5 Å². The van der Waals surface area contributed by atoms with Gasteiger partial charge in [-0.3, -0.25) is 4.98 Å². The summed E-state index contributed by atoms with van der Waals surface area (Å²) in [5.74, 6) is 3.39. The number of hydrogen-bond acceptors (Lipinski definition) is 7. The van der Waals surface area contributed by atoms with Crippen LogP contribution in [0.4, 0.5) is 16.8 Å². The quantitative estimate of drug-likeness (QED) is 0.591. The van der Waals surface area contributed by atoms with E-state index in [0.717, 1.165) is 51.8 Å². The van der Waals surface area contributed by atoms with Gasteiger partial charge in [0.05, 0.1) is 11.1 Å². The van der Waals surface area contributed by atoms with Crippen molar-refractivity contribution < 1.29 is 5.11 Å². The molecule has 4 saturated carbocycles. The van der Waals surface area contributed by atoms with Crippen molar-refractivity contribution >= 4 is 39.0 Å². The van der Waals surface area contributed by atoms with Crippen LogP contribution in [0.2, 0.25) is 0 Å². The molecule has 3 aromatic heterocycles. The van der Waals surface area contributed by atoms with Gasteiger partial charge in [0.1, 0.15) is 11.6 Å². The van der Waals surface area contributed by atoms with Gasteiger partial charge >= 0.3 is 0 Å². The third kappa shape index (κ3) is 3.07. The van der Waals surface area contributed by atoms with E-state index in [1.807, 2.05) is 31.5 Å². The fourth-order valence-electron chi connectivity index (χ4n) is 6.15. The summed E-state index contributed by atoms with van der Waals surface area (Å²) in [5, 5.41) is 19.9. The van der Waals surface area contributed by atoms with E-state index in [9.17, 15) is 5.11 Å². The molecule has 7 heteroatoms. The Morgan fingerprint density at radius 3 is 2.72 bits per heavy atom. The van der Waals surface area contributed by atoms with Crippen LogP contribution in [0, 0.1) is 24.7 Å². The van der Waals surface area contributed by atoms with Crippen molar-refractivity contribution in [2.24, 2.45) is 17.8 Å². The molecule has 29 heavy (non-hydrogen) atoms. The zero-order chi connectivity index (χ0) is 19.6. The number of fused-ring (bicyclic) bond motifs is 1. The first-order valence-corrected chi connectivity index (χ1v) is 11.3. The van der Waals surface area contributed by atoms with E-state index in [0.29, 0.717) is 23.8 Å². The third-order valence-electron chi connectivity index (χ3n) is 7.00. The van der Waals surface area contributed by atoms with E-state index >= 15 is 0 Å². The molecule has 0 saturated heterocycles. The summed E-state index contributed by atoms with van der Waals surface area (Å²) in [5.41, 5.74) is 0.501. The van der Waals surface area contributed by atoms with Gasteiger partial charge < -0.3 is 15.7 Å². The van der Waals surface area contributed by atoms with Crippen LogP contribution >= 0.6 is 11.3 Å². The van der Waals surface area contributed by atoms with Crippen molar-refractivity contribution in [2.45, 2.75) is 50.7 Å². The molecule has 0 spiro atoms. The molecule has 3 heterocycles. The minimum atomic E-state index is -0.419. The van der Waals surface area contributed by atoms with Crippen LogP contribution in [0.15, 0.2) is 30.6 Å². The Labute approximate surface area is 173 Å². The molecular weight excluding hydrogens is 382 g/mol. The highest BCUT2D eigenvalue weighted by Gasteiger charge is 2.54. The van der Waals surface area contributed by atoms with E-state index in [4.69, 9.17) is 4.98 Å². The minimum absolute atomic E-state index is 0.375. The number of thiazole rings is 1. The molecule has 6 nitrogen and oxygen atoms in total. The first kappa shape index (κ1) is 17.6. The van der Waals surface area contributed by atoms with Gasteiger partial charge in [-0.1, -0.05) is 0 Å². The average Bonchev–Trinajstić information content (AvgIpc) is 3.08. The monoisotopic (exact) mass is 407 g/mol. The van der Waals surface area contributed by atoms with E-state index in [-0.39, 0.29) is 0 Å². The van der Waals surface area contributed by atoms with Gasteiger partial charge in [-0.2, -0.15) is 0 Å². The van der Waals surface area contributed by atoms with Crippen LogP contribution in [-0.2, 0) is 0 Å². The van der Waals surface area contributed by atoms with Crippen LogP contribution < -0.4 is 10.6 Å². The second-order valence-corrected chi connectivity index (χ2v) is 10.4.